The van der Waals surface area contributed by atoms with Crippen LogP contribution in [0.25, 0.3) is 0 Å². The minimum atomic E-state index is -2.86. The van der Waals surface area contributed by atoms with Gasteiger partial charge in [0.25, 0.3) is 0 Å². The van der Waals surface area contributed by atoms with E-state index in [2.05, 4.69) is 5.32 Å². The van der Waals surface area contributed by atoms with Crippen LogP contribution in [0.3, 0.4) is 0 Å². The van der Waals surface area contributed by atoms with E-state index in [1.165, 1.54) is 0 Å². The van der Waals surface area contributed by atoms with Crippen LogP contribution >= 0.6 is 0 Å². The second-order valence-electron chi connectivity index (χ2n) is 4.70. The number of aromatic hydroxyl groups is 1. The van der Waals surface area contributed by atoms with Crippen molar-refractivity contribution >= 4 is 15.5 Å². The highest BCUT2D eigenvalue weighted by Crippen LogP contribution is 2.27. The van der Waals surface area contributed by atoms with E-state index in [9.17, 15) is 13.5 Å². The van der Waals surface area contributed by atoms with Crippen molar-refractivity contribution in [3.05, 3.63) is 23.3 Å². The number of anilines is 1. The van der Waals surface area contributed by atoms with Gasteiger partial charge in [-0.05, 0) is 43.5 Å². The highest BCUT2D eigenvalue weighted by molar-refractivity contribution is 7.91. The Hall–Kier alpha value is -1.23. The summed E-state index contributed by atoms with van der Waals surface area (Å²) in [6.45, 7) is 3.72. The minimum absolute atomic E-state index is 0.0114. The fourth-order valence-corrected chi connectivity index (χ4v) is 3.76. The maximum atomic E-state index is 11.4. The number of hydrogen-bond acceptors (Lipinski definition) is 4. The van der Waals surface area contributed by atoms with Crippen molar-refractivity contribution in [2.24, 2.45) is 0 Å². The monoisotopic (exact) mass is 255 g/mol. The first-order valence-electron chi connectivity index (χ1n) is 5.64. The van der Waals surface area contributed by atoms with E-state index in [1.807, 2.05) is 19.9 Å². The van der Waals surface area contributed by atoms with Crippen LogP contribution in [0.4, 0.5) is 5.69 Å². The Bertz CT molecular complexity index is 537. The Morgan fingerprint density at radius 2 is 2.00 bits per heavy atom. The van der Waals surface area contributed by atoms with Gasteiger partial charge in [0.05, 0.1) is 11.5 Å². The molecule has 0 bridgehead atoms. The molecular formula is C12H17NO3S. The fraction of sp³-hybridized carbons (Fsp3) is 0.500. The molecule has 4 nitrogen and oxygen atoms in total. The quantitative estimate of drug-likeness (QED) is 0.788. The first-order chi connectivity index (χ1) is 7.87. The summed E-state index contributed by atoms with van der Waals surface area (Å²) in [5.41, 5.74) is 2.62. The van der Waals surface area contributed by atoms with Gasteiger partial charge in [0.1, 0.15) is 5.75 Å². The number of aryl methyl sites for hydroxylation is 2. The average Bonchev–Trinajstić information content (AvgIpc) is 2.54. The standard InChI is InChI=1S/C12H17NO3S/c1-8-6-12(14)9(2)5-11(8)13-10-3-4-17(15,16)7-10/h5-6,10,13-14H,3-4,7H2,1-2H3. The molecule has 0 radical (unpaired) electrons. The number of benzene rings is 1. The summed E-state index contributed by atoms with van der Waals surface area (Å²) in [6.07, 6.45) is 0.654. The van der Waals surface area contributed by atoms with Gasteiger partial charge in [0.2, 0.25) is 0 Å². The Labute approximate surface area is 102 Å². The molecule has 2 rings (SSSR count). The second-order valence-corrected chi connectivity index (χ2v) is 6.93. The summed E-state index contributed by atoms with van der Waals surface area (Å²) in [5, 5.41) is 12.8. The number of nitrogens with one attached hydrogen (secondary N) is 1. The molecule has 17 heavy (non-hydrogen) atoms. The highest BCUT2D eigenvalue weighted by atomic mass is 32.2. The molecule has 1 saturated heterocycles. The van der Waals surface area contributed by atoms with Crippen LogP contribution in [0, 0.1) is 13.8 Å². The Morgan fingerprint density at radius 3 is 2.59 bits per heavy atom. The molecule has 1 atom stereocenters. The van der Waals surface area contributed by atoms with Crippen LogP contribution in [0.5, 0.6) is 5.75 Å². The van der Waals surface area contributed by atoms with Crippen LogP contribution in [-0.2, 0) is 9.84 Å². The molecule has 0 amide bonds. The molecule has 94 valence electrons. The fourth-order valence-electron chi connectivity index (χ4n) is 2.09. The van der Waals surface area contributed by atoms with Crippen molar-refractivity contribution in [2.45, 2.75) is 26.3 Å². The highest BCUT2D eigenvalue weighted by Gasteiger charge is 2.27. The summed E-state index contributed by atoms with van der Waals surface area (Å²) in [5.74, 6) is 0.736. The van der Waals surface area contributed by atoms with Gasteiger partial charge in [0.15, 0.2) is 9.84 Å². The van der Waals surface area contributed by atoms with Gasteiger partial charge in [-0.1, -0.05) is 0 Å². The summed E-state index contributed by atoms with van der Waals surface area (Å²) < 4.78 is 22.7. The van der Waals surface area contributed by atoms with Crippen LogP contribution in [0.2, 0.25) is 0 Å². The molecule has 1 unspecified atom stereocenters. The van der Waals surface area contributed by atoms with Crippen molar-refractivity contribution in [3.8, 4) is 5.75 Å². The lowest BCUT2D eigenvalue weighted by Crippen LogP contribution is -2.21. The van der Waals surface area contributed by atoms with Crippen molar-refractivity contribution in [1.29, 1.82) is 0 Å². The van der Waals surface area contributed by atoms with Gasteiger partial charge in [0, 0.05) is 11.7 Å². The van der Waals surface area contributed by atoms with E-state index in [0.29, 0.717) is 6.42 Å². The zero-order valence-electron chi connectivity index (χ0n) is 10.0. The Balaban J connectivity index is 2.17. The summed E-state index contributed by atoms with van der Waals surface area (Å²) >= 11 is 0. The lowest BCUT2D eigenvalue weighted by atomic mass is 10.1. The lowest BCUT2D eigenvalue weighted by Gasteiger charge is -2.16. The van der Waals surface area contributed by atoms with E-state index >= 15 is 0 Å². The molecule has 1 heterocycles. The molecule has 0 aromatic heterocycles. The van der Waals surface area contributed by atoms with Gasteiger partial charge in [-0.2, -0.15) is 0 Å². The van der Waals surface area contributed by atoms with Gasteiger partial charge in [-0.3, -0.25) is 0 Å². The largest absolute Gasteiger partial charge is 0.508 e. The third-order valence-electron chi connectivity index (χ3n) is 3.13. The van der Waals surface area contributed by atoms with E-state index < -0.39 is 9.84 Å². The van der Waals surface area contributed by atoms with Crippen molar-refractivity contribution < 1.29 is 13.5 Å². The van der Waals surface area contributed by atoms with Gasteiger partial charge >= 0.3 is 0 Å². The third-order valence-corrected chi connectivity index (χ3v) is 4.90. The number of phenolic OH excluding ortho intramolecular Hbond substituents is 1. The van der Waals surface area contributed by atoms with Crippen molar-refractivity contribution in [3.63, 3.8) is 0 Å². The predicted molar refractivity (Wildman–Crippen MR) is 68.3 cm³/mol. The molecule has 5 heteroatoms. The molecule has 1 aromatic carbocycles. The molecule has 2 N–H and O–H groups in total. The van der Waals surface area contributed by atoms with Gasteiger partial charge in [-0.15, -0.1) is 0 Å². The second kappa shape index (κ2) is 4.22. The normalized spacial score (nSPS) is 22.6. The van der Waals surface area contributed by atoms with Crippen LogP contribution in [0.15, 0.2) is 12.1 Å². The molecule has 1 fully saturated rings. The van der Waals surface area contributed by atoms with Crippen LogP contribution < -0.4 is 5.32 Å². The maximum absolute atomic E-state index is 11.4. The number of hydrogen-bond donors (Lipinski definition) is 2. The van der Waals surface area contributed by atoms with E-state index in [4.69, 9.17) is 0 Å². The SMILES string of the molecule is Cc1cc(NC2CCS(=O)(=O)C2)c(C)cc1O. The average molecular weight is 255 g/mol. The summed E-state index contributed by atoms with van der Waals surface area (Å²) in [7, 11) is -2.86. The lowest BCUT2D eigenvalue weighted by molar-refractivity contribution is 0.470. The zero-order valence-corrected chi connectivity index (χ0v) is 10.8. The Morgan fingerprint density at radius 1 is 1.29 bits per heavy atom. The van der Waals surface area contributed by atoms with E-state index in [1.54, 1.807) is 6.07 Å². The molecule has 0 spiro atoms. The molecule has 0 aliphatic carbocycles. The topological polar surface area (TPSA) is 66.4 Å². The molecule has 1 aromatic rings. The number of phenols is 1. The third kappa shape index (κ3) is 2.72. The van der Waals surface area contributed by atoms with Crippen LogP contribution in [-0.4, -0.2) is 31.1 Å². The first kappa shape index (κ1) is 12.2. The van der Waals surface area contributed by atoms with E-state index in [-0.39, 0.29) is 23.3 Å². The maximum Gasteiger partial charge on any atom is 0.152 e. The number of sulfone groups is 1. The van der Waals surface area contributed by atoms with Gasteiger partial charge < -0.3 is 10.4 Å². The molecule has 0 saturated carbocycles. The summed E-state index contributed by atoms with van der Waals surface area (Å²) in [4.78, 5) is 0. The van der Waals surface area contributed by atoms with E-state index in [0.717, 1.165) is 16.8 Å². The molecule has 1 aliphatic rings. The van der Waals surface area contributed by atoms with Crippen molar-refractivity contribution in [2.75, 3.05) is 16.8 Å². The first-order valence-corrected chi connectivity index (χ1v) is 7.47. The smallest absolute Gasteiger partial charge is 0.152 e. The number of rotatable bonds is 2. The van der Waals surface area contributed by atoms with Gasteiger partial charge in [-0.25, -0.2) is 8.42 Å². The minimum Gasteiger partial charge on any atom is -0.508 e. The molecule has 1 aliphatic heterocycles. The van der Waals surface area contributed by atoms with Crippen molar-refractivity contribution in [1.82, 2.24) is 0 Å². The zero-order chi connectivity index (χ0) is 12.6. The summed E-state index contributed by atoms with van der Waals surface area (Å²) in [6, 6.07) is 3.54. The predicted octanol–water partition coefficient (Wildman–Crippen LogP) is 1.61. The van der Waals surface area contributed by atoms with Crippen LogP contribution in [0.1, 0.15) is 17.5 Å². The molecular weight excluding hydrogens is 238 g/mol. The Kier molecular flexibility index (Phi) is 3.03.